The summed E-state index contributed by atoms with van der Waals surface area (Å²) in [5.41, 5.74) is -1.10. The van der Waals surface area contributed by atoms with Crippen LogP contribution in [0, 0.1) is 17.2 Å². The first kappa shape index (κ1) is 24.1. The van der Waals surface area contributed by atoms with Gasteiger partial charge >= 0.3 is 12.1 Å². The number of carbonyl (C=O) groups excluding carboxylic acids is 2. The topological polar surface area (TPSA) is 129 Å². The Labute approximate surface area is 189 Å². The molecule has 3 N–H and O–H groups in total. The maximum Gasteiger partial charge on any atom is 0.407 e. The molecule has 2 aliphatic heterocycles. The van der Waals surface area contributed by atoms with Gasteiger partial charge in [0.2, 0.25) is 5.91 Å². The molecule has 1 saturated carbocycles. The van der Waals surface area contributed by atoms with Crippen LogP contribution in [0.25, 0.3) is 0 Å². The highest BCUT2D eigenvalue weighted by Gasteiger charge is 2.40. The van der Waals surface area contributed by atoms with Crippen LogP contribution in [0.4, 0.5) is 9.59 Å². The molecule has 0 bridgehead atoms. The Morgan fingerprint density at radius 3 is 2.22 bits per heavy atom. The lowest BCUT2D eigenvalue weighted by Gasteiger charge is -2.38. The summed E-state index contributed by atoms with van der Waals surface area (Å²) < 4.78 is 0. The SMILES string of the molecule is CN1CCN(C(=O)NC(CC2CCCCC2)C(=O)NC2(C#N)CCN(C(=O)O)CC2)CC1. The molecule has 2 saturated heterocycles. The molecule has 2 heterocycles. The van der Waals surface area contributed by atoms with Crippen LogP contribution in [0.15, 0.2) is 0 Å². The van der Waals surface area contributed by atoms with Crippen molar-refractivity contribution in [3.63, 3.8) is 0 Å². The van der Waals surface area contributed by atoms with Crippen molar-refractivity contribution in [1.29, 1.82) is 5.26 Å². The Morgan fingerprint density at radius 1 is 1.03 bits per heavy atom. The third-order valence-electron chi connectivity index (χ3n) is 7.16. The van der Waals surface area contributed by atoms with Gasteiger partial charge in [0.25, 0.3) is 0 Å². The van der Waals surface area contributed by atoms with Crippen LogP contribution in [0.2, 0.25) is 0 Å². The molecule has 1 aliphatic carbocycles. The van der Waals surface area contributed by atoms with Crippen LogP contribution in [-0.4, -0.2) is 95.7 Å². The third kappa shape index (κ3) is 6.25. The van der Waals surface area contributed by atoms with E-state index < -0.39 is 17.7 Å². The van der Waals surface area contributed by atoms with E-state index in [-0.39, 0.29) is 37.9 Å². The van der Waals surface area contributed by atoms with Gasteiger partial charge in [-0.25, -0.2) is 9.59 Å². The number of hydrogen-bond acceptors (Lipinski definition) is 5. The molecule has 4 amide bonds. The monoisotopic (exact) mass is 448 g/mol. The maximum atomic E-state index is 13.3. The highest BCUT2D eigenvalue weighted by Crippen LogP contribution is 2.28. The van der Waals surface area contributed by atoms with Gasteiger partial charge in [0.1, 0.15) is 11.6 Å². The fourth-order valence-corrected chi connectivity index (χ4v) is 4.90. The number of likely N-dealkylation sites (tertiary alicyclic amines) is 1. The standard InChI is InChI=1S/C22H36N6O4/c1-26-11-13-27(14-12-26)20(30)24-18(15-17-5-3-2-4-6-17)19(29)25-22(16-23)7-9-28(10-8-22)21(31)32/h17-18H,2-15H2,1H3,(H,24,30)(H,25,29)(H,31,32). The summed E-state index contributed by atoms with van der Waals surface area (Å²) in [7, 11) is 2.02. The van der Waals surface area contributed by atoms with E-state index in [9.17, 15) is 24.8 Å². The minimum Gasteiger partial charge on any atom is -0.465 e. The Bertz CT molecular complexity index is 716. The van der Waals surface area contributed by atoms with Gasteiger partial charge in [-0.1, -0.05) is 32.1 Å². The van der Waals surface area contributed by atoms with Crippen molar-refractivity contribution >= 4 is 18.0 Å². The van der Waals surface area contributed by atoms with Crippen LogP contribution in [0.1, 0.15) is 51.4 Å². The number of nitrogens with zero attached hydrogens (tertiary/aromatic N) is 4. The lowest BCUT2D eigenvalue weighted by molar-refractivity contribution is -0.125. The third-order valence-corrected chi connectivity index (χ3v) is 7.16. The fraction of sp³-hybridized carbons (Fsp3) is 0.818. The predicted molar refractivity (Wildman–Crippen MR) is 118 cm³/mol. The summed E-state index contributed by atoms with van der Waals surface area (Å²) in [6.07, 6.45) is 5.60. The summed E-state index contributed by atoms with van der Waals surface area (Å²) in [6, 6.07) is 1.27. The van der Waals surface area contributed by atoms with Crippen molar-refractivity contribution < 1.29 is 19.5 Å². The first-order chi connectivity index (χ1) is 15.3. The van der Waals surface area contributed by atoms with Gasteiger partial charge in [-0.3, -0.25) is 4.79 Å². The molecule has 3 fully saturated rings. The zero-order valence-electron chi connectivity index (χ0n) is 19.0. The van der Waals surface area contributed by atoms with Crippen LogP contribution >= 0.6 is 0 Å². The molecule has 178 valence electrons. The number of amides is 4. The van der Waals surface area contributed by atoms with E-state index in [1.54, 1.807) is 4.90 Å². The van der Waals surface area contributed by atoms with E-state index in [1.165, 1.54) is 11.3 Å². The number of carboxylic acid groups (broad SMARTS) is 1. The fourth-order valence-electron chi connectivity index (χ4n) is 4.90. The molecule has 0 aromatic heterocycles. The number of likely N-dealkylation sites (N-methyl/N-ethyl adjacent to an activating group) is 1. The maximum absolute atomic E-state index is 13.3. The molecule has 0 aromatic rings. The van der Waals surface area contributed by atoms with Gasteiger partial charge in [0.05, 0.1) is 6.07 Å². The Morgan fingerprint density at radius 2 is 1.66 bits per heavy atom. The number of carbonyl (C=O) groups is 3. The quantitative estimate of drug-likeness (QED) is 0.584. The smallest absolute Gasteiger partial charge is 0.407 e. The summed E-state index contributed by atoms with van der Waals surface area (Å²) in [5, 5.41) is 24.8. The molecule has 0 aromatic carbocycles. The highest BCUT2D eigenvalue weighted by molar-refractivity contribution is 5.88. The van der Waals surface area contributed by atoms with E-state index in [4.69, 9.17) is 0 Å². The Balaban J connectivity index is 1.66. The summed E-state index contributed by atoms with van der Waals surface area (Å²) >= 11 is 0. The zero-order valence-corrected chi connectivity index (χ0v) is 19.0. The van der Waals surface area contributed by atoms with E-state index in [0.29, 0.717) is 25.4 Å². The predicted octanol–water partition coefficient (Wildman–Crippen LogP) is 1.43. The molecular weight excluding hydrogens is 412 g/mol. The molecule has 0 spiro atoms. The van der Waals surface area contributed by atoms with Gasteiger partial charge in [-0.05, 0) is 19.4 Å². The Kier molecular flexibility index (Phi) is 8.18. The number of hydrogen-bond donors (Lipinski definition) is 3. The van der Waals surface area contributed by atoms with E-state index >= 15 is 0 Å². The van der Waals surface area contributed by atoms with Crippen LogP contribution < -0.4 is 10.6 Å². The van der Waals surface area contributed by atoms with Crippen molar-refractivity contribution in [3.05, 3.63) is 0 Å². The van der Waals surface area contributed by atoms with Crippen molar-refractivity contribution in [2.75, 3.05) is 46.3 Å². The first-order valence-corrected chi connectivity index (χ1v) is 11.8. The summed E-state index contributed by atoms with van der Waals surface area (Å²) in [4.78, 5) is 42.6. The van der Waals surface area contributed by atoms with Gasteiger partial charge in [0, 0.05) is 52.1 Å². The number of nitrogens with one attached hydrogen (secondary N) is 2. The van der Waals surface area contributed by atoms with E-state index in [2.05, 4.69) is 21.6 Å². The van der Waals surface area contributed by atoms with Crippen molar-refractivity contribution in [1.82, 2.24) is 25.3 Å². The minimum absolute atomic E-state index is 0.199. The molecule has 1 atom stereocenters. The van der Waals surface area contributed by atoms with Crippen molar-refractivity contribution in [3.8, 4) is 6.07 Å². The summed E-state index contributed by atoms with van der Waals surface area (Å²) in [6.45, 7) is 3.23. The van der Waals surface area contributed by atoms with Gasteiger partial charge in [-0.15, -0.1) is 0 Å². The van der Waals surface area contributed by atoms with Crippen molar-refractivity contribution in [2.24, 2.45) is 5.92 Å². The summed E-state index contributed by atoms with van der Waals surface area (Å²) in [5.74, 6) is 0.0301. The molecule has 3 aliphatic rings. The molecular formula is C22H36N6O4. The number of piperazine rings is 1. The number of piperidine rings is 1. The number of nitriles is 1. The van der Waals surface area contributed by atoms with Crippen LogP contribution in [0.3, 0.4) is 0 Å². The van der Waals surface area contributed by atoms with Crippen molar-refractivity contribution in [2.45, 2.75) is 62.9 Å². The molecule has 3 rings (SSSR count). The first-order valence-electron chi connectivity index (χ1n) is 11.8. The molecule has 10 nitrogen and oxygen atoms in total. The van der Waals surface area contributed by atoms with E-state index in [1.807, 2.05) is 7.05 Å². The second kappa shape index (κ2) is 10.9. The minimum atomic E-state index is -1.10. The average Bonchev–Trinajstić information content (AvgIpc) is 2.80. The molecule has 10 heteroatoms. The normalized spacial score (nSPS) is 23.1. The molecule has 32 heavy (non-hydrogen) atoms. The molecule has 1 unspecified atom stereocenters. The second-order valence-electron chi connectivity index (χ2n) is 9.48. The number of urea groups is 1. The van der Waals surface area contributed by atoms with Gasteiger partial charge in [0.15, 0.2) is 0 Å². The van der Waals surface area contributed by atoms with Gasteiger partial charge < -0.3 is 30.4 Å². The average molecular weight is 449 g/mol. The highest BCUT2D eigenvalue weighted by atomic mass is 16.4. The van der Waals surface area contributed by atoms with E-state index in [0.717, 1.165) is 38.8 Å². The van der Waals surface area contributed by atoms with Gasteiger partial charge in [-0.2, -0.15) is 5.26 Å². The largest absolute Gasteiger partial charge is 0.465 e. The molecule has 0 radical (unpaired) electrons. The van der Waals surface area contributed by atoms with Crippen LogP contribution in [0.5, 0.6) is 0 Å². The zero-order chi connectivity index (χ0) is 23.1. The number of rotatable bonds is 5. The van der Waals surface area contributed by atoms with Crippen LogP contribution in [-0.2, 0) is 4.79 Å². The Hall–Kier alpha value is -2.54. The lowest BCUT2D eigenvalue weighted by Crippen LogP contribution is -2.61. The second-order valence-corrected chi connectivity index (χ2v) is 9.48. The lowest BCUT2D eigenvalue weighted by atomic mass is 9.84.